The highest BCUT2D eigenvalue weighted by Crippen LogP contribution is 2.35. The molecule has 1 aliphatic heterocycles. The number of fused-ring (bicyclic) bond motifs is 2. The Bertz CT molecular complexity index is 1670. The number of anilines is 1. The lowest BCUT2D eigenvalue weighted by atomic mass is 9.82. The molecule has 0 bridgehead atoms. The topological polar surface area (TPSA) is 132 Å². The van der Waals surface area contributed by atoms with Gasteiger partial charge in [0, 0.05) is 53.1 Å². The van der Waals surface area contributed by atoms with Crippen molar-refractivity contribution in [3.8, 4) is 11.1 Å². The van der Waals surface area contributed by atoms with Gasteiger partial charge in [-0.3, -0.25) is 9.48 Å². The van der Waals surface area contributed by atoms with Crippen LogP contribution in [0.25, 0.3) is 33.1 Å². The molecule has 1 saturated heterocycles. The number of rotatable bonds is 4. The minimum Gasteiger partial charge on any atom is -0.364 e. The molecule has 0 unspecified atom stereocenters. The van der Waals surface area contributed by atoms with Gasteiger partial charge < -0.3 is 21.4 Å². The quantitative estimate of drug-likeness (QED) is 0.371. The maximum atomic E-state index is 12.5. The Kier molecular flexibility index (Phi) is 4.10. The van der Waals surface area contributed by atoms with Gasteiger partial charge in [-0.15, -0.1) is 0 Å². The number of primary amides is 1. The molecule has 1 amide bonds. The van der Waals surface area contributed by atoms with Crippen molar-refractivity contribution in [1.29, 1.82) is 0 Å². The highest BCUT2D eigenvalue weighted by atomic mass is 16.1. The van der Waals surface area contributed by atoms with Gasteiger partial charge in [0.15, 0.2) is 0 Å². The lowest BCUT2D eigenvalue weighted by molar-refractivity contribution is 0.0997. The molecule has 0 spiro atoms. The maximum Gasteiger partial charge on any atom is 0.268 e. The van der Waals surface area contributed by atoms with Crippen molar-refractivity contribution in [3.63, 3.8) is 0 Å². The van der Waals surface area contributed by atoms with Crippen LogP contribution in [0.5, 0.6) is 0 Å². The molecule has 5 aromatic rings. The second-order valence-electron chi connectivity index (χ2n) is 9.02. The summed E-state index contributed by atoms with van der Waals surface area (Å²) < 4.78 is 23.8. The molecule has 9 heteroatoms. The number of aromatic amines is 1. The fourth-order valence-electron chi connectivity index (χ4n) is 4.93. The van der Waals surface area contributed by atoms with E-state index in [2.05, 4.69) is 27.2 Å². The summed E-state index contributed by atoms with van der Waals surface area (Å²) in [5.74, 6) is -0.241. The minimum absolute atomic E-state index is 0.118. The number of piperidine rings is 1. The first-order chi connectivity index (χ1) is 18.1. The predicted octanol–water partition coefficient (Wildman–Crippen LogP) is 3.06. The third-order valence-corrected chi connectivity index (χ3v) is 6.86. The van der Waals surface area contributed by atoms with E-state index in [1.807, 2.05) is 35.2 Å². The fourth-order valence-corrected chi connectivity index (χ4v) is 4.93. The number of nitrogens with zero attached hydrogens (tertiary/aromatic N) is 5. The molecular formula is C26H26N8O. The zero-order valence-corrected chi connectivity index (χ0v) is 18.9. The van der Waals surface area contributed by atoms with Gasteiger partial charge in [0.2, 0.25) is 5.95 Å². The van der Waals surface area contributed by atoms with Gasteiger partial charge in [-0.05, 0) is 36.1 Å². The molecule has 35 heavy (non-hydrogen) atoms. The summed E-state index contributed by atoms with van der Waals surface area (Å²) in [5.41, 5.74) is 15.8. The minimum atomic E-state index is -2.37. The summed E-state index contributed by atoms with van der Waals surface area (Å²) in [6, 6.07) is 15.4. The molecule has 4 heterocycles. The van der Waals surface area contributed by atoms with Crippen molar-refractivity contribution < 1.29 is 8.91 Å². The molecule has 0 atom stereocenters. The molecule has 0 saturated carbocycles. The average molecular weight is 470 g/mol. The molecule has 1 fully saturated rings. The maximum absolute atomic E-state index is 12.5. The molecule has 3 aromatic heterocycles. The number of amides is 1. The molecule has 6 rings (SSSR count). The number of benzene rings is 2. The summed E-state index contributed by atoms with van der Waals surface area (Å²) in [4.78, 5) is 27.1. The molecule has 176 valence electrons. The molecule has 0 radical (unpaired) electrons. The van der Waals surface area contributed by atoms with Crippen molar-refractivity contribution >= 4 is 33.8 Å². The molecule has 2 aromatic carbocycles. The highest BCUT2D eigenvalue weighted by molar-refractivity contribution is 6.09. The standard InChI is InChI=1S/C26H26N8O/c1-33-15-17-13-16(7-8-20(17)32-33)19-14-29-24-21(19)22(23(27)35)30-25(31-24)34-11-9-26(28,10-12-34)18-5-3-2-4-6-18/h2-8,13-15H,9-12,28H2,1H3,(H2,27,35)(H,29,30,31)/i1D3. The van der Waals surface area contributed by atoms with Gasteiger partial charge in [0.1, 0.15) is 11.3 Å². The first kappa shape index (κ1) is 18.1. The Balaban J connectivity index is 1.35. The lowest BCUT2D eigenvalue weighted by Gasteiger charge is -2.39. The number of aromatic nitrogens is 5. The molecule has 9 nitrogen and oxygen atoms in total. The summed E-state index contributed by atoms with van der Waals surface area (Å²) in [6.45, 7) is -1.11. The Morgan fingerprint density at radius 1 is 1.14 bits per heavy atom. The number of nitrogens with one attached hydrogen (secondary N) is 1. The first-order valence-corrected chi connectivity index (χ1v) is 11.4. The van der Waals surface area contributed by atoms with Crippen molar-refractivity contribution in [2.24, 2.45) is 18.4 Å². The largest absolute Gasteiger partial charge is 0.364 e. The van der Waals surface area contributed by atoms with Crippen LogP contribution in [0, 0.1) is 0 Å². The highest BCUT2D eigenvalue weighted by Gasteiger charge is 2.33. The number of hydrogen-bond acceptors (Lipinski definition) is 6. The molecule has 1 aliphatic rings. The first-order valence-electron chi connectivity index (χ1n) is 12.9. The number of hydrogen-bond donors (Lipinski definition) is 3. The van der Waals surface area contributed by atoms with E-state index in [0.717, 1.165) is 15.8 Å². The third-order valence-electron chi connectivity index (χ3n) is 6.86. The number of H-pyrrole nitrogens is 1. The van der Waals surface area contributed by atoms with Gasteiger partial charge in [0.25, 0.3) is 5.91 Å². The summed E-state index contributed by atoms with van der Waals surface area (Å²) in [7, 11) is 0. The van der Waals surface area contributed by atoms with Crippen LogP contribution in [-0.4, -0.2) is 43.7 Å². The van der Waals surface area contributed by atoms with E-state index in [4.69, 9.17) is 20.6 Å². The molecule has 5 N–H and O–H groups in total. The van der Waals surface area contributed by atoms with Gasteiger partial charge in [-0.1, -0.05) is 36.4 Å². The summed E-state index contributed by atoms with van der Waals surface area (Å²) in [6.07, 6.45) is 4.66. The van der Waals surface area contributed by atoms with Crippen molar-refractivity contribution in [3.05, 3.63) is 72.2 Å². The van der Waals surface area contributed by atoms with Gasteiger partial charge >= 0.3 is 0 Å². The Hall–Kier alpha value is -4.24. The Morgan fingerprint density at radius 3 is 2.69 bits per heavy atom. The normalized spacial score (nSPS) is 17.3. The molecule has 0 aliphatic carbocycles. The van der Waals surface area contributed by atoms with E-state index < -0.39 is 18.4 Å². The predicted molar refractivity (Wildman–Crippen MR) is 136 cm³/mol. The zero-order valence-electron chi connectivity index (χ0n) is 21.9. The van der Waals surface area contributed by atoms with E-state index in [-0.39, 0.29) is 5.69 Å². The van der Waals surface area contributed by atoms with E-state index >= 15 is 0 Å². The molecular weight excluding hydrogens is 440 g/mol. The van der Waals surface area contributed by atoms with Crippen LogP contribution in [0.4, 0.5) is 5.95 Å². The van der Waals surface area contributed by atoms with Crippen LogP contribution in [0.15, 0.2) is 60.9 Å². The SMILES string of the molecule is [2H]C([2H])([2H])n1cc2cc(-c3c[nH]c4nc(N5CCC(N)(c6ccccc6)CC5)nc(C(N)=O)c34)ccc2n1. The number of aryl methyl sites for hydroxylation is 1. The van der Waals surface area contributed by atoms with E-state index in [1.54, 1.807) is 12.3 Å². The number of carbonyl (C=O) groups excluding carboxylic acids is 1. The third kappa shape index (κ3) is 3.60. The lowest BCUT2D eigenvalue weighted by Crippen LogP contribution is -2.48. The van der Waals surface area contributed by atoms with Crippen molar-refractivity contribution in [1.82, 2.24) is 24.7 Å². The van der Waals surface area contributed by atoms with Crippen LogP contribution in [0.1, 0.15) is 33.0 Å². The van der Waals surface area contributed by atoms with Crippen LogP contribution >= 0.6 is 0 Å². The van der Waals surface area contributed by atoms with Gasteiger partial charge in [0.05, 0.1) is 10.9 Å². The average Bonchev–Trinajstić information content (AvgIpc) is 3.53. The Morgan fingerprint density at radius 2 is 1.94 bits per heavy atom. The van der Waals surface area contributed by atoms with Crippen LogP contribution in [-0.2, 0) is 12.5 Å². The second-order valence-corrected chi connectivity index (χ2v) is 9.02. The summed E-state index contributed by atoms with van der Waals surface area (Å²) >= 11 is 0. The second kappa shape index (κ2) is 7.92. The number of carbonyl (C=O) groups is 1. The monoisotopic (exact) mass is 469 g/mol. The van der Waals surface area contributed by atoms with Gasteiger partial charge in [-0.25, -0.2) is 4.98 Å². The van der Waals surface area contributed by atoms with Crippen molar-refractivity contribution in [2.45, 2.75) is 18.4 Å². The van der Waals surface area contributed by atoms with E-state index in [9.17, 15) is 4.79 Å². The van der Waals surface area contributed by atoms with Crippen LogP contribution in [0.3, 0.4) is 0 Å². The van der Waals surface area contributed by atoms with E-state index in [1.165, 1.54) is 6.20 Å². The van der Waals surface area contributed by atoms with Gasteiger partial charge in [-0.2, -0.15) is 10.1 Å². The van der Waals surface area contributed by atoms with Crippen LogP contribution < -0.4 is 16.4 Å². The van der Waals surface area contributed by atoms with Crippen molar-refractivity contribution in [2.75, 3.05) is 18.0 Å². The fraction of sp³-hybridized carbons (Fsp3) is 0.231. The zero-order chi connectivity index (χ0) is 26.7. The van der Waals surface area contributed by atoms with E-state index in [0.29, 0.717) is 59.4 Å². The smallest absolute Gasteiger partial charge is 0.268 e. The van der Waals surface area contributed by atoms with Crippen LogP contribution in [0.2, 0.25) is 0 Å². The Labute approximate surface area is 206 Å². The summed E-state index contributed by atoms with van der Waals surface area (Å²) in [5, 5.41) is 5.31. The number of nitrogens with two attached hydrogens (primary N) is 2.